The molecule has 1 atom stereocenters. The van der Waals surface area contributed by atoms with Crippen molar-refractivity contribution in [3.8, 4) is 28.8 Å². The predicted octanol–water partition coefficient (Wildman–Crippen LogP) is 5.70. The molecule has 1 unspecified atom stereocenters. The first-order valence-electron chi connectivity index (χ1n) is 11.4. The number of hydrogen-bond acceptors (Lipinski definition) is 5. The lowest BCUT2D eigenvalue weighted by atomic mass is 9.99. The van der Waals surface area contributed by atoms with Gasteiger partial charge in [-0.3, -0.25) is 4.79 Å². The molecule has 0 saturated heterocycles. The van der Waals surface area contributed by atoms with Crippen LogP contribution >= 0.6 is 11.6 Å². The maximum atomic E-state index is 15.3. The molecule has 212 valence electrons. The number of hydrogen-bond donors (Lipinski definition) is 0. The van der Waals surface area contributed by atoms with E-state index in [9.17, 15) is 35.5 Å². The number of ether oxygens (including phenoxy) is 1. The van der Waals surface area contributed by atoms with E-state index in [4.69, 9.17) is 21.6 Å². The number of alkyl halides is 8. The third-order valence-corrected chi connectivity index (χ3v) is 6.85. The highest BCUT2D eigenvalue weighted by Crippen LogP contribution is 2.57. The molecule has 1 aliphatic heterocycles. The van der Waals surface area contributed by atoms with Crippen LogP contribution in [0.2, 0.25) is 5.02 Å². The SMILES string of the molecule is Cn1nc(C(F)(C(F)(F)F)C(F)(F)F)c2c1-n1ncc(-c3ccc(Cl)c(C(=O)N(CC#N)C4CC4)c3)c1C(F)O2. The molecule has 2 aliphatic rings. The summed E-state index contributed by atoms with van der Waals surface area (Å²) >= 11 is 6.22. The minimum Gasteiger partial charge on any atom is -0.448 e. The molecule has 5 rings (SSSR count). The largest absolute Gasteiger partial charge is 0.448 e. The highest BCUT2D eigenvalue weighted by Gasteiger charge is 2.76. The number of nitriles is 1. The number of fused-ring (bicyclic) bond motifs is 3. The Morgan fingerprint density at radius 3 is 2.42 bits per heavy atom. The molecule has 1 aromatic carbocycles. The molecular formula is C23H15ClF8N6O2. The molecule has 0 bridgehead atoms. The summed E-state index contributed by atoms with van der Waals surface area (Å²) in [6.45, 7) is -0.203. The van der Waals surface area contributed by atoms with E-state index in [1.807, 2.05) is 6.07 Å². The van der Waals surface area contributed by atoms with Gasteiger partial charge >= 0.3 is 18.0 Å². The van der Waals surface area contributed by atoms with Crippen LogP contribution in [0.25, 0.3) is 16.9 Å². The Morgan fingerprint density at radius 2 is 1.85 bits per heavy atom. The predicted molar refractivity (Wildman–Crippen MR) is 120 cm³/mol. The molecule has 1 aliphatic carbocycles. The Labute approximate surface area is 224 Å². The van der Waals surface area contributed by atoms with Gasteiger partial charge in [0.1, 0.15) is 12.2 Å². The number of amides is 1. The Morgan fingerprint density at radius 1 is 1.20 bits per heavy atom. The van der Waals surface area contributed by atoms with E-state index in [0.29, 0.717) is 22.2 Å². The Bertz CT molecular complexity index is 1540. The lowest BCUT2D eigenvalue weighted by molar-refractivity contribution is -0.350. The molecule has 8 nitrogen and oxygen atoms in total. The fourth-order valence-electron chi connectivity index (χ4n) is 4.46. The van der Waals surface area contributed by atoms with Crippen LogP contribution in [-0.4, -0.2) is 55.3 Å². The molecule has 1 amide bonds. The summed E-state index contributed by atoms with van der Waals surface area (Å²) in [7, 11) is 0.906. The lowest BCUT2D eigenvalue weighted by Crippen LogP contribution is -2.51. The van der Waals surface area contributed by atoms with Crippen LogP contribution in [0.5, 0.6) is 5.75 Å². The number of aromatic nitrogens is 4. The quantitative estimate of drug-likeness (QED) is 0.279. The molecule has 17 heteroatoms. The van der Waals surface area contributed by atoms with Gasteiger partial charge in [-0.2, -0.15) is 46.2 Å². The fraction of sp³-hybridized carbons (Fsp3) is 0.391. The van der Waals surface area contributed by atoms with Crippen LogP contribution in [-0.2, 0) is 12.7 Å². The van der Waals surface area contributed by atoms with Gasteiger partial charge in [0.2, 0.25) is 0 Å². The third kappa shape index (κ3) is 4.05. The Kier molecular flexibility index (Phi) is 6.29. The maximum Gasteiger partial charge on any atom is 0.437 e. The first-order chi connectivity index (χ1) is 18.6. The smallest absolute Gasteiger partial charge is 0.437 e. The van der Waals surface area contributed by atoms with Crippen molar-refractivity contribution in [2.24, 2.45) is 7.05 Å². The minimum atomic E-state index is -6.51. The minimum absolute atomic E-state index is 0.0172. The third-order valence-electron chi connectivity index (χ3n) is 6.52. The highest BCUT2D eigenvalue weighted by molar-refractivity contribution is 6.34. The second-order valence-corrected chi connectivity index (χ2v) is 9.49. The van der Waals surface area contributed by atoms with Crippen LogP contribution in [0.3, 0.4) is 0 Å². The van der Waals surface area contributed by atoms with Crippen LogP contribution in [0.1, 0.15) is 40.9 Å². The standard InChI is InChI=1S/C23H15ClF8N6O2/c1-36-19-16(17(35-36)21(26,22(27,28)29)23(30,31)32)40-18(25)15-13(9-34-38(15)19)10-2-5-14(24)12(8-10)20(39)37(7-6-33)11-3-4-11/h2,5,8-9,11,18H,3-4,7H2,1H3. The van der Waals surface area contributed by atoms with Gasteiger partial charge < -0.3 is 9.64 Å². The number of halogens is 9. The molecule has 3 heterocycles. The Balaban J connectivity index is 1.62. The first-order valence-corrected chi connectivity index (χ1v) is 11.8. The molecule has 1 saturated carbocycles. The van der Waals surface area contributed by atoms with E-state index in [1.165, 1.54) is 23.1 Å². The second-order valence-electron chi connectivity index (χ2n) is 9.09. The van der Waals surface area contributed by atoms with E-state index < -0.39 is 53.2 Å². The molecule has 40 heavy (non-hydrogen) atoms. The zero-order valence-electron chi connectivity index (χ0n) is 20.0. The molecule has 0 radical (unpaired) electrons. The topological polar surface area (TPSA) is 89.0 Å². The average molecular weight is 595 g/mol. The van der Waals surface area contributed by atoms with Crippen molar-refractivity contribution < 1.29 is 44.7 Å². The number of carbonyl (C=O) groups excluding carboxylic acids is 1. The van der Waals surface area contributed by atoms with Crippen molar-refractivity contribution in [1.29, 1.82) is 5.26 Å². The van der Waals surface area contributed by atoms with Crippen molar-refractivity contribution in [3.63, 3.8) is 0 Å². The van der Waals surface area contributed by atoms with Crippen molar-refractivity contribution >= 4 is 17.5 Å². The van der Waals surface area contributed by atoms with Crippen LogP contribution in [0.15, 0.2) is 24.4 Å². The summed E-state index contributed by atoms with van der Waals surface area (Å²) in [5.41, 5.74) is -8.61. The molecule has 1 fully saturated rings. The van der Waals surface area contributed by atoms with E-state index in [1.54, 1.807) is 0 Å². The van der Waals surface area contributed by atoms with Gasteiger partial charge in [-0.1, -0.05) is 17.7 Å². The number of aryl methyl sites for hydroxylation is 1. The van der Waals surface area contributed by atoms with Crippen molar-refractivity contribution in [3.05, 3.63) is 46.4 Å². The second kappa shape index (κ2) is 9.08. The van der Waals surface area contributed by atoms with Crippen LogP contribution in [0, 0.1) is 11.3 Å². The van der Waals surface area contributed by atoms with Gasteiger partial charge in [-0.25, -0.2) is 13.8 Å². The maximum absolute atomic E-state index is 15.3. The van der Waals surface area contributed by atoms with E-state index in [-0.39, 0.29) is 34.3 Å². The van der Waals surface area contributed by atoms with Crippen molar-refractivity contribution in [2.75, 3.05) is 6.54 Å². The number of carbonyl (C=O) groups is 1. The van der Waals surface area contributed by atoms with Gasteiger partial charge in [-0.05, 0) is 30.5 Å². The molecular weight excluding hydrogens is 580 g/mol. The molecule has 0 spiro atoms. The van der Waals surface area contributed by atoms with E-state index in [0.717, 1.165) is 13.2 Å². The molecule has 2 aromatic heterocycles. The van der Waals surface area contributed by atoms with Gasteiger partial charge in [-0.15, -0.1) is 0 Å². The highest BCUT2D eigenvalue weighted by atomic mass is 35.5. The lowest BCUT2D eigenvalue weighted by Gasteiger charge is -2.30. The summed E-state index contributed by atoms with van der Waals surface area (Å²) in [6, 6.07) is 5.73. The van der Waals surface area contributed by atoms with Crippen LogP contribution in [0.4, 0.5) is 35.1 Å². The van der Waals surface area contributed by atoms with Crippen molar-refractivity contribution in [2.45, 2.75) is 43.3 Å². The monoisotopic (exact) mass is 594 g/mol. The van der Waals surface area contributed by atoms with Crippen molar-refractivity contribution in [1.82, 2.24) is 24.5 Å². The molecule has 3 aromatic rings. The van der Waals surface area contributed by atoms with E-state index in [2.05, 4.69) is 10.2 Å². The van der Waals surface area contributed by atoms with Gasteiger partial charge in [0, 0.05) is 18.7 Å². The number of rotatable bonds is 5. The average Bonchev–Trinajstić information content (AvgIpc) is 3.52. The van der Waals surface area contributed by atoms with Gasteiger partial charge in [0.25, 0.3) is 12.3 Å². The number of benzene rings is 1. The van der Waals surface area contributed by atoms with Crippen LogP contribution < -0.4 is 4.74 Å². The summed E-state index contributed by atoms with van der Waals surface area (Å²) in [5, 5.41) is 16.1. The zero-order valence-corrected chi connectivity index (χ0v) is 20.7. The zero-order chi connectivity index (χ0) is 29.4. The molecule has 0 N–H and O–H groups in total. The normalized spacial score (nSPS) is 17.1. The summed E-state index contributed by atoms with van der Waals surface area (Å²) in [5.74, 6) is -2.69. The fourth-order valence-corrected chi connectivity index (χ4v) is 4.66. The summed E-state index contributed by atoms with van der Waals surface area (Å²) in [4.78, 5) is 14.4. The summed E-state index contributed by atoms with van der Waals surface area (Å²) < 4.78 is 116. The number of nitrogens with zero attached hydrogens (tertiary/aromatic N) is 6. The Hall–Kier alpha value is -3.87. The summed E-state index contributed by atoms with van der Waals surface area (Å²) in [6.07, 6.45) is -13.3. The van der Waals surface area contributed by atoms with Gasteiger partial charge in [0.05, 0.1) is 22.9 Å². The first kappa shape index (κ1) is 27.7. The van der Waals surface area contributed by atoms with E-state index >= 15 is 4.39 Å². The van der Waals surface area contributed by atoms with Gasteiger partial charge in [0.15, 0.2) is 17.3 Å².